The van der Waals surface area contributed by atoms with Crippen molar-refractivity contribution in [1.29, 1.82) is 0 Å². The molecule has 1 aromatic carbocycles. The van der Waals surface area contributed by atoms with Crippen molar-refractivity contribution < 1.29 is 9.90 Å². The lowest BCUT2D eigenvalue weighted by atomic mass is 9.83. The van der Waals surface area contributed by atoms with Crippen molar-refractivity contribution in [2.75, 3.05) is 23.3 Å². The fourth-order valence-electron chi connectivity index (χ4n) is 4.84. The van der Waals surface area contributed by atoms with Crippen molar-refractivity contribution in [2.45, 2.75) is 59.3 Å². The molecule has 2 aromatic heterocycles. The number of aliphatic carboxylic acids is 1. The van der Waals surface area contributed by atoms with Gasteiger partial charge in [-0.25, -0.2) is 4.98 Å². The second-order valence-corrected chi connectivity index (χ2v) is 10.5. The number of aromatic nitrogens is 4. The number of carbonyl (C=O) groups is 1. The van der Waals surface area contributed by atoms with Crippen LogP contribution < -0.4 is 10.2 Å². The Hall–Kier alpha value is -3.16. The van der Waals surface area contributed by atoms with Gasteiger partial charge >= 0.3 is 5.97 Å². The topological polar surface area (TPSA) is 96.2 Å². The van der Waals surface area contributed by atoms with E-state index in [-0.39, 0.29) is 17.3 Å². The molecule has 0 spiro atoms. The minimum Gasteiger partial charge on any atom is -0.481 e. The first-order valence-electron chi connectivity index (χ1n) is 12.1. The van der Waals surface area contributed by atoms with Gasteiger partial charge in [-0.15, -0.1) is 0 Å². The Morgan fingerprint density at radius 3 is 2.56 bits per heavy atom. The van der Waals surface area contributed by atoms with Crippen LogP contribution in [0.1, 0.15) is 58.1 Å². The maximum absolute atomic E-state index is 11.6. The maximum atomic E-state index is 11.6. The van der Waals surface area contributed by atoms with E-state index in [0.29, 0.717) is 18.0 Å². The van der Waals surface area contributed by atoms with Gasteiger partial charge in [-0.05, 0) is 54.7 Å². The lowest BCUT2D eigenvalue weighted by Gasteiger charge is -2.34. The summed E-state index contributed by atoms with van der Waals surface area (Å²) in [5, 5.41) is 13.1. The second kappa shape index (κ2) is 9.24. The minimum absolute atomic E-state index is 0.0411. The zero-order chi connectivity index (χ0) is 24.6. The summed E-state index contributed by atoms with van der Waals surface area (Å²) >= 11 is 0. The van der Waals surface area contributed by atoms with Gasteiger partial charge in [-0.3, -0.25) is 4.79 Å². The van der Waals surface area contributed by atoms with Crippen molar-refractivity contribution in [3.8, 4) is 0 Å². The van der Waals surface area contributed by atoms with E-state index >= 15 is 0 Å². The summed E-state index contributed by atoms with van der Waals surface area (Å²) in [5.74, 6) is 0.592. The second-order valence-electron chi connectivity index (χ2n) is 10.5. The highest BCUT2D eigenvalue weighted by Gasteiger charge is 2.31. The molecule has 0 amide bonds. The Morgan fingerprint density at radius 1 is 1.24 bits per heavy atom. The van der Waals surface area contributed by atoms with E-state index in [1.165, 1.54) is 5.56 Å². The Labute approximate surface area is 201 Å². The van der Waals surface area contributed by atoms with Gasteiger partial charge in [-0.2, -0.15) is 9.97 Å². The molecule has 0 bridgehead atoms. The number of imidazole rings is 1. The van der Waals surface area contributed by atoms with Gasteiger partial charge in [0.1, 0.15) is 5.52 Å². The van der Waals surface area contributed by atoms with Crippen LogP contribution in [0.3, 0.4) is 0 Å². The molecule has 1 fully saturated rings. The molecule has 34 heavy (non-hydrogen) atoms. The number of rotatable bonds is 6. The predicted molar refractivity (Wildman–Crippen MR) is 136 cm³/mol. The molecule has 1 unspecified atom stereocenters. The van der Waals surface area contributed by atoms with Crippen LogP contribution in [0.15, 0.2) is 24.5 Å². The molecule has 1 atom stereocenters. The first kappa shape index (κ1) is 24.0. The van der Waals surface area contributed by atoms with Crippen LogP contribution >= 0.6 is 0 Å². The number of carboxylic acids is 1. The fraction of sp³-hybridized carbons (Fsp3) is 0.538. The average molecular weight is 465 g/mol. The first-order chi connectivity index (χ1) is 16.1. The highest BCUT2D eigenvalue weighted by atomic mass is 16.4. The van der Waals surface area contributed by atoms with Gasteiger partial charge in [0.05, 0.1) is 12.2 Å². The summed E-state index contributed by atoms with van der Waals surface area (Å²) < 4.78 is 1.94. The Bertz CT molecular complexity index is 1190. The van der Waals surface area contributed by atoms with Gasteiger partial charge in [-0.1, -0.05) is 39.8 Å². The van der Waals surface area contributed by atoms with E-state index in [9.17, 15) is 9.90 Å². The Morgan fingerprint density at radius 2 is 1.94 bits per heavy atom. The number of fused-ring (bicyclic) bond motifs is 1. The molecule has 8 heteroatoms. The molecule has 3 aromatic rings. The normalized spacial score (nSPS) is 16.1. The molecule has 1 aliphatic rings. The molecule has 1 saturated heterocycles. The van der Waals surface area contributed by atoms with Crippen LogP contribution in [0, 0.1) is 18.8 Å². The summed E-state index contributed by atoms with van der Waals surface area (Å²) in [6.07, 6.45) is 4.07. The van der Waals surface area contributed by atoms with E-state index in [2.05, 4.69) is 61.1 Å². The number of carboxylic acid groups (broad SMARTS) is 1. The summed E-state index contributed by atoms with van der Waals surface area (Å²) in [7, 11) is 1.95. The fourth-order valence-corrected chi connectivity index (χ4v) is 4.84. The van der Waals surface area contributed by atoms with Gasteiger partial charge in [0.2, 0.25) is 5.95 Å². The zero-order valence-electron chi connectivity index (χ0n) is 21.1. The Kier molecular flexibility index (Phi) is 6.51. The molecule has 182 valence electrons. The van der Waals surface area contributed by atoms with Gasteiger partial charge in [0.15, 0.2) is 11.5 Å². The molecule has 0 saturated carbocycles. The van der Waals surface area contributed by atoms with E-state index in [0.717, 1.165) is 48.5 Å². The number of hydrogen-bond acceptors (Lipinski definition) is 6. The minimum atomic E-state index is -0.688. The highest BCUT2D eigenvalue weighted by Crippen LogP contribution is 2.33. The zero-order valence-corrected chi connectivity index (χ0v) is 21.1. The number of benzene rings is 1. The predicted octanol–water partition coefficient (Wildman–Crippen LogP) is 5.04. The SMILES string of the molecule is CCC(C(=O)O)C1CCN(c2nc(Nc3cc(C(C)(C)C)ccc3C)c3c(ncn3C)n2)CC1. The van der Waals surface area contributed by atoms with Crippen LogP contribution in [0.2, 0.25) is 0 Å². The number of piperidine rings is 1. The summed E-state index contributed by atoms with van der Waals surface area (Å²) in [5.41, 5.74) is 4.96. The lowest BCUT2D eigenvalue weighted by Crippen LogP contribution is -2.38. The third-order valence-corrected chi connectivity index (χ3v) is 7.06. The molecule has 0 aliphatic carbocycles. The lowest BCUT2D eigenvalue weighted by molar-refractivity contribution is -0.144. The summed E-state index contributed by atoms with van der Waals surface area (Å²) in [6, 6.07) is 6.51. The van der Waals surface area contributed by atoms with Crippen molar-refractivity contribution in [2.24, 2.45) is 18.9 Å². The smallest absolute Gasteiger partial charge is 0.306 e. The van der Waals surface area contributed by atoms with Crippen molar-refractivity contribution in [1.82, 2.24) is 19.5 Å². The van der Waals surface area contributed by atoms with E-state index in [4.69, 9.17) is 9.97 Å². The average Bonchev–Trinajstić information content (AvgIpc) is 3.16. The molecular formula is C26H36N6O2. The van der Waals surface area contributed by atoms with Crippen molar-refractivity contribution in [3.05, 3.63) is 35.7 Å². The van der Waals surface area contributed by atoms with E-state index in [1.54, 1.807) is 6.33 Å². The van der Waals surface area contributed by atoms with Crippen LogP contribution in [0.5, 0.6) is 0 Å². The Balaban J connectivity index is 1.65. The van der Waals surface area contributed by atoms with E-state index in [1.807, 2.05) is 18.5 Å². The summed E-state index contributed by atoms with van der Waals surface area (Å²) in [6.45, 7) is 12.2. The molecule has 8 nitrogen and oxygen atoms in total. The largest absolute Gasteiger partial charge is 0.481 e. The van der Waals surface area contributed by atoms with E-state index < -0.39 is 5.97 Å². The summed E-state index contributed by atoms with van der Waals surface area (Å²) in [4.78, 5) is 28.0. The third-order valence-electron chi connectivity index (χ3n) is 7.06. The number of nitrogens with one attached hydrogen (secondary N) is 1. The van der Waals surface area contributed by atoms with Crippen LogP contribution in [0.25, 0.3) is 11.2 Å². The maximum Gasteiger partial charge on any atom is 0.306 e. The first-order valence-corrected chi connectivity index (χ1v) is 12.1. The number of anilines is 3. The van der Waals surface area contributed by atoms with Gasteiger partial charge < -0.3 is 19.9 Å². The highest BCUT2D eigenvalue weighted by molar-refractivity contribution is 5.87. The molecule has 0 radical (unpaired) electrons. The molecular weight excluding hydrogens is 428 g/mol. The van der Waals surface area contributed by atoms with Gasteiger partial charge in [0.25, 0.3) is 0 Å². The quantitative estimate of drug-likeness (QED) is 0.527. The number of hydrogen-bond donors (Lipinski definition) is 2. The molecule has 2 N–H and O–H groups in total. The van der Waals surface area contributed by atoms with Gasteiger partial charge in [0, 0.05) is 25.8 Å². The molecule has 3 heterocycles. The standard InChI is InChI=1S/C26H36N6O2/c1-7-19(24(33)34)17-10-12-32(13-11-17)25-29-22-21(31(6)15-27-22)23(30-25)28-20-14-18(26(3,4)5)9-8-16(20)2/h8-9,14-15,17,19H,7,10-13H2,1-6H3,(H,33,34)(H,28,29,30). The van der Waals surface area contributed by atoms with Crippen molar-refractivity contribution >= 4 is 34.6 Å². The van der Waals surface area contributed by atoms with Crippen LogP contribution in [-0.4, -0.2) is 43.7 Å². The third kappa shape index (κ3) is 4.72. The van der Waals surface area contributed by atoms with Crippen LogP contribution in [-0.2, 0) is 17.3 Å². The molecule has 1 aliphatic heterocycles. The van der Waals surface area contributed by atoms with Crippen molar-refractivity contribution in [3.63, 3.8) is 0 Å². The number of aryl methyl sites for hydroxylation is 2. The number of nitrogens with zero attached hydrogens (tertiary/aromatic N) is 5. The monoisotopic (exact) mass is 464 g/mol. The van der Waals surface area contributed by atoms with Crippen LogP contribution in [0.4, 0.5) is 17.5 Å². The molecule has 4 rings (SSSR count).